The first-order chi connectivity index (χ1) is 16.9. The predicted molar refractivity (Wildman–Crippen MR) is 133 cm³/mol. The molecule has 0 radical (unpaired) electrons. The largest absolute Gasteiger partial charge is 0.448 e. The van der Waals surface area contributed by atoms with Crippen LogP contribution in [0.4, 0.5) is 4.79 Å². The second-order valence-corrected chi connectivity index (χ2v) is 12.3. The van der Waals surface area contributed by atoms with Crippen molar-refractivity contribution in [2.24, 2.45) is 0 Å². The van der Waals surface area contributed by atoms with Crippen LogP contribution >= 0.6 is 11.6 Å². The number of ether oxygens (including phenoxy) is 1. The average molecular weight is 516 g/mol. The molecule has 4 aliphatic rings. The third kappa shape index (κ3) is 4.14. The highest BCUT2D eigenvalue weighted by atomic mass is 35.5. The summed E-state index contributed by atoms with van der Waals surface area (Å²) in [6.07, 6.45) is 3.94. The number of hydrogen-bond acceptors (Lipinski definition) is 5. The number of benzene rings is 2. The lowest BCUT2D eigenvalue weighted by Crippen LogP contribution is -2.45. The maximum atomic E-state index is 13.3. The molecule has 0 saturated carbocycles. The fourth-order valence-electron chi connectivity index (χ4n) is 6.29. The summed E-state index contributed by atoms with van der Waals surface area (Å²) >= 11 is 6.16. The molecule has 2 aromatic carbocycles. The molecule has 0 spiro atoms. The van der Waals surface area contributed by atoms with Crippen LogP contribution in [0, 0.1) is 0 Å². The van der Waals surface area contributed by atoms with Crippen molar-refractivity contribution in [2.75, 3.05) is 26.2 Å². The van der Waals surface area contributed by atoms with Crippen LogP contribution in [-0.2, 0) is 27.7 Å². The van der Waals surface area contributed by atoms with E-state index in [4.69, 9.17) is 16.3 Å². The van der Waals surface area contributed by atoms with E-state index in [0.717, 1.165) is 44.3 Å². The molecule has 3 atom stereocenters. The molecular formula is C26H30ClN3O4S. The molecule has 2 saturated heterocycles. The molecule has 4 aliphatic heterocycles. The number of carbonyl (C=O) groups excluding carboxylic acids is 1. The van der Waals surface area contributed by atoms with Crippen molar-refractivity contribution in [1.29, 1.82) is 0 Å². The highest BCUT2D eigenvalue weighted by Crippen LogP contribution is 2.47. The SMILES string of the molecule is O=C(OC[C@H]1CCC[C@H]2c3cc(Cl)ccc3S(=O)(=O)N12)N1CCC(N2CCc3ccccc3C2)C1. The van der Waals surface area contributed by atoms with Gasteiger partial charge in [-0.25, -0.2) is 13.2 Å². The normalized spacial score (nSPS) is 27.8. The van der Waals surface area contributed by atoms with Gasteiger partial charge in [-0.2, -0.15) is 4.31 Å². The number of hydrogen-bond donors (Lipinski definition) is 0. The lowest BCUT2D eigenvalue weighted by atomic mass is 9.94. The van der Waals surface area contributed by atoms with E-state index in [1.165, 1.54) is 11.1 Å². The Labute approximate surface area is 211 Å². The van der Waals surface area contributed by atoms with E-state index in [9.17, 15) is 13.2 Å². The number of carbonyl (C=O) groups is 1. The summed E-state index contributed by atoms with van der Waals surface area (Å²) in [5.74, 6) is 0. The van der Waals surface area contributed by atoms with E-state index in [1.807, 2.05) is 0 Å². The summed E-state index contributed by atoms with van der Waals surface area (Å²) in [4.78, 5) is 17.5. The van der Waals surface area contributed by atoms with Crippen LogP contribution in [0.15, 0.2) is 47.4 Å². The fourth-order valence-corrected chi connectivity index (χ4v) is 8.54. The van der Waals surface area contributed by atoms with E-state index in [2.05, 4.69) is 29.2 Å². The number of sulfonamides is 1. The molecule has 1 unspecified atom stereocenters. The number of rotatable bonds is 3. The molecular weight excluding hydrogens is 486 g/mol. The second-order valence-electron chi connectivity index (χ2n) is 10.1. The molecule has 35 heavy (non-hydrogen) atoms. The van der Waals surface area contributed by atoms with Crippen LogP contribution in [0.25, 0.3) is 0 Å². The standard InChI is InChI=1S/C26H30ClN3O4S/c27-20-8-9-25-23(14-20)24-7-3-6-22(30(24)35(25,32)33)17-34-26(31)29-13-11-21(16-29)28-12-10-18-4-1-2-5-19(18)15-28/h1-2,4-5,8-9,14,21-22,24H,3,6-7,10-13,15-17H2/t21?,22-,24+/m1/s1. The molecule has 9 heteroatoms. The highest BCUT2D eigenvalue weighted by Gasteiger charge is 2.48. The summed E-state index contributed by atoms with van der Waals surface area (Å²) in [5, 5.41) is 0.537. The van der Waals surface area contributed by atoms with Gasteiger partial charge in [0.2, 0.25) is 10.0 Å². The van der Waals surface area contributed by atoms with Gasteiger partial charge >= 0.3 is 6.09 Å². The van der Waals surface area contributed by atoms with Gasteiger partial charge in [-0.15, -0.1) is 0 Å². The predicted octanol–water partition coefficient (Wildman–Crippen LogP) is 4.21. The lowest BCUT2D eigenvalue weighted by molar-refractivity contribution is 0.0665. The van der Waals surface area contributed by atoms with E-state index >= 15 is 0 Å². The Bertz CT molecular complexity index is 1250. The average Bonchev–Trinajstić information content (AvgIpc) is 3.44. The van der Waals surface area contributed by atoms with Crippen LogP contribution in [0.1, 0.15) is 48.4 Å². The molecule has 1 amide bonds. The molecule has 0 aliphatic carbocycles. The number of piperidine rings is 1. The zero-order valence-electron chi connectivity index (χ0n) is 19.6. The molecule has 7 nitrogen and oxygen atoms in total. The summed E-state index contributed by atoms with van der Waals surface area (Å²) < 4.78 is 33.8. The van der Waals surface area contributed by atoms with Crippen molar-refractivity contribution in [3.63, 3.8) is 0 Å². The van der Waals surface area contributed by atoms with Gasteiger partial charge in [0.25, 0.3) is 0 Å². The Hall–Kier alpha value is -2.13. The number of likely N-dealkylation sites (tertiary alicyclic amines) is 1. The Morgan fingerprint density at radius 2 is 1.89 bits per heavy atom. The van der Waals surface area contributed by atoms with Crippen LogP contribution < -0.4 is 0 Å². The lowest BCUT2D eigenvalue weighted by Gasteiger charge is -2.36. The molecule has 6 rings (SSSR count). The maximum Gasteiger partial charge on any atom is 0.409 e. The van der Waals surface area contributed by atoms with Gasteiger partial charge < -0.3 is 9.64 Å². The Morgan fingerprint density at radius 3 is 2.74 bits per heavy atom. The first kappa shape index (κ1) is 23.3. The van der Waals surface area contributed by atoms with Crippen LogP contribution in [0.2, 0.25) is 5.02 Å². The summed E-state index contributed by atoms with van der Waals surface area (Å²) in [5.41, 5.74) is 3.56. The summed E-state index contributed by atoms with van der Waals surface area (Å²) in [6.45, 7) is 3.33. The highest BCUT2D eigenvalue weighted by molar-refractivity contribution is 7.89. The van der Waals surface area contributed by atoms with E-state index in [0.29, 0.717) is 35.5 Å². The smallest absolute Gasteiger partial charge is 0.409 e. The molecule has 2 aromatic rings. The zero-order chi connectivity index (χ0) is 24.2. The van der Waals surface area contributed by atoms with Crippen molar-refractivity contribution >= 4 is 27.7 Å². The Morgan fingerprint density at radius 1 is 1.06 bits per heavy atom. The number of halogens is 1. The van der Waals surface area contributed by atoms with Gasteiger partial charge in [0.15, 0.2) is 0 Å². The number of nitrogens with zero attached hydrogens (tertiary/aromatic N) is 3. The first-order valence-corrected chi connectivity index (χ1v) is 14.3. The molecule has 0 bridgehead atoms. The molecule has 2 fully saturated rings. The monoisotopic (exact) mass is 515 g/mol. The minimum absolute atomic E-state index is 0.0779. The third-order valence-corrected chi connectivity index (χ3v) is 10.3. The van der Waals surface area contributed by atoms with Gasteiger partial charge in [-0.1, -0.05) is 35.9 Å². The van der Waals surface area contributed by atoms with Crippen molar-refractivity contribution < 1.29 is 17.9 Å². The Kier molecular flexibility index (Phi) is 6.03. The van der Waals surface area contributed by atoms with Crippen LogP contribution in [0.3, 0.4) is 0 Å². The van der Waals surface area contributed by atoms with Crippen molar-refractivity contribution in [1.82, 2.24) is 14.1 Å². The summed E-state index contributed by atoms with van der Waals surface area (Å²) in [7, 11) is -3.62. The van der Waals surface area contributed by atoms with E-state index in [1.54, 1.807) is 27.4 Å². The maximum absolute atomic E-state index is 13.3. The summed E-state index contributed by atoms with van der Waals surface area (Å²) in [6, 6.07) is 13.3. The van der Waals surface area contributed by atoms with Gasteiger partial charge in [0.05, 0.1) is 17.0 Å². The molecule has 0 N–H and O–H groups in total. The molecule has 4 heterocycles. The molecule has 186 valence electrons. The quantitative estimate of drug-likeness (QED) is 0.612. The van der Waals surface area contributed by atoms with Crippen molar-refractivity contribution in [3.8, 4) is 0 Å². The number of fused-ring (bicyclic) bond motifs is 4. The van der Waals surface area contributed by atoms with Gasteiger partial charge in [0.1, 0.15) is 6.61 Å². The second kappa shape index (κ2) is 9.07. The van der Waals surface area contributed by atoms with Crippen LogP contribution in [0.5, 0.6) is 0 Å². The minimum Gasteiger partial charge on any atom is -0.448 e. The number of amides is 1. The van der Waals surface area contributed by atoms with Crippen LogP contribution in [-0.4, -0.2) is 66.9 Å². The topological polar surface area (TPSA) is 70.2 Å². The zero-order valence-corrected chi connectivity index (χ0v) is 21.2. The van der Waals surface area contributed by atoms with E-state index in [-0.39, 0.29) is 24.8 Å². The first-order valence-electron chi connectivity index (χ1n) is 12.5. The van der Waals surface area contributed by atoms with Crippen molar-refractivity contribution in [3.05, 3.63) is 64.2 Å². The van der Waals surface area contributed by atoms with E-state index < -0.39 is 10.0 Å². The van der Waals surface area contributed by atoms with Gasteiger partial charge in [-0.05, 0) is 67.0 Å². The minimum atomic E-state index is -3.62. The van der Waals surface area contributed by atoms with Gasteiger partial charge in [-0.3, -0.25) is 4.90 Å². The molecule has 0 aromatic heterocycles. The fraction of sp³-hybridized carbons (Fsp3) is 0.500. The van der Waals surface area contributed by atoms with Crippen molar-refractivity contribution in [2.45, 2.75) is 61.7 Å². The van der Waals surface area contributed by atoms with Gasteiger partial charge in [0, 0.05) is 37.2 Å². The Balaban J connectivity index is 1.08. The third-order valence-electron chi connectivity index (χ3n) is 8.07.